The fourth-order valence-corrected chi connectivity index (χ4v) is 4.40. The zero-order chi connectivity index (χ0) is 24.7. The van der Waals surface area contributed by atoms with Gasteiger partial charge in [0.2, 0.25) is 0 Å². The molecular formula is C25H22F2N2O4S. The predicted molar refractivity (Wildman–Crippen MR) is 125 cm³/mol. The van der Waals surface area contributed by atoms with E-state index in [1.807, 2.05) is 0 Å². The zero-order valence-electron chi connectivity index (χ0n) is 18.6. The Labute approximate surface area is 199 Å². The molecule has 1 unspecified atom stereocenters. The molecule has 3 aromatic rings. The number of aromatic carboxylic acids is 1. The highest BCUT2D eigenvalue weighted by atomic mass is 32.1. The van der Waals surface area contributed by atoms with E-state index >= 15 is 0 Å². The van der Waals surface area contributed by atoms with E-state index in [1.165, 1.54) is 24.5 Å². The van der Waals surface area contributed by atoms with Gasteiger partial charge >= 0.3 is 5.97 Å². The highest BCUT2D eigenvalue weighted by Gasteiger charge is 2.20. The maximum Gasteiger partial charge on any atom is 0.345 e. The van der Waals surface area contributed by atoms with Gasteiger partial charge in [-0.3, -0.25) is 0 Å². The van der Waals surface area contributed by atoms with Gasteiger partial charge in [-0.05, 0) is 68.0 Å². The van der Waals surface area contributed by atoms with Gasteiger partial charge < -0.3 is 9.84 Å². The molecule has 0 aliphatic heterocycles. The van der Waals surface area contributed by atoms with Crippen LogP contribution in [0.2, 0.25) is 0 Å². The second kappa shape index (κ2) is 11.5. The molecule has 0 spiro atoms. The standard InChI is InChI=1S/C25H22F2N2O4S/c1-15-24(33-2)19(22(29-32)8-4-7-18-10-12-23(34-18)25(30)31)14-17(28-15)6-3-5-16-9-11-20(26)21(27)13-16/h9-14,22H,4-5,7-8H2,1-2H3,(H,30,31). The summed E-state index contributed by atoms with van der Waals surface area (Å²) in [6.45, 7) is 1.74. The minimum Gasteiger partial charge on any atom is -0.494 e. The van der Waals surface area contributed by atoms with Crippen molar-refractivity contribution in [3.63, 3.8) is 0 Å². The molecule has 0 amide bonds. The summed E-state index contributed by atoms with van der Waals surface area (Å²) < 4.78 is 31.9. The monoisotopic (exact) mass is 484 g/mol. The first kappa shape index (κ1) is 25.0. The Balaban J connectivity index is 1.75. The number of pyridine rings is 1. The summed E-state index contributed by atoms with van der Waals surface area (Å²) in [5, 5.41) is 12.3. The number of nitroso groups, excluding NO2 is 1. The second-order valence-corrected chi connectivity index (χ2v) is 8.70. The average molecular weight is 485 g/mol. The molecule has 1 aromatic carbocycles. The van der Waals surface area contributed by atoms with Crippen molar-refractivity contribution in [2.24, 2.45) is 5.18 Å². The summed E-state index contributed by atoms with van der Waals surface area (Å²) >= 11 is 1.21. The van der Waals surface area contributed by atoms with Crippen LogP contribution in [0.1, 0.15) is 55.9 Å². The number of ether oxygens (including phenoxy) is 1. The van der Waals surface area contributed by atoms with E-state index in [1.54, 1.807) is 25.1 Å². The van der Waals surface area contributed by atoms with E-state index in [-0.39, 0.29) is 11.3 Å². The minimum absolute atomic E-state index is 0.202. The predicted octanol–water partition coefficient (Wildman–Crippen LogP) is 5.86. The normalized spacial score (nSPS) is 11.4. The van der Waals surface area contributed by atoms with Crippen LogP contribution in [-0.4, -0.2) is 23.2 Å². The number of carbonyl (C=O) groups is 1. The molecule has 0 bridgehead atoms. The van der Waals surface area contributed by atoms with Crippen LogP contribution in [0.25, 0.3) is 0 Å². The van der Waals surface area contributed by atoms with Crippen molar-refractivity contribution in [2.75, 3.05) is 7.11 Å². The largest absolute Gasteiger partial charge is 0.494 e. The van der Waals surface area contributed by atoms with E-state index in [9.17, 15) is 18.5 Å². The molecule has 2 heterocycles. The third-order valence-electron chi connectivity index (χ3n) is 5.13. The Kier molecular flexibility index (Phi) is 8.44. The molecule has 34 heavy (non-hydrogen) atoms. The number of hydrogen-bond donors (Lipinski definition) is 1. The molecule has 176 valence electrons. The molecule has 0 fully saturated rings. The number of thiophene rings is 1. The number of halogens is 2. The van der Waals surface area contributed by atoms with Crippen LogP contribution in [0.4, 0.5) is 8.78 Å². The summed E-state index contributed by atoms with van der Waals surface area (Å²) in [5.74, 6) is 3.45. The molecule has 1 atom stereocenters. The highest BCUT2D eigenvalue weighted by molar-refractivity contribution is 7.13. The average Bonchev–Trinajstić information content (AvgIpc) is 3.28. The summed E-state index contributed by atoms with van der Waals surface area (Å²) in [6.07, 6.45) is 1.88. The van der Waals surface area contributed by atoms with Crippen LogP contribution in [0.3, 0.4) is 0 Å². The Morgan fingerprint density at radius 1 is 1.24 bits per heavy atom. The number of benzene rings is 1. The Hall–Kier alpha value is -3.64. The van der Waals surface area contributed by atoms with Crippen molar-refractivity contribution in [2.45, 2.75) is 38.6 Å². The quantitative estimate of drug-likeness (QED) is 0.304. The van der Waals surface area contributed by atoms with Crippen LogP contribution in [0, 0.1) is 35.3 Å². The Morgan fingerprint density at radius 3 is 2.68 bits per heavy atom. The van der Waals surface area contributed by atoms with Crippen LogP contribution in [0.15, 0.2) is 41.6 Å². The van der Waals surface area contributed by atoms with E-state index in [4.69, 9.17) is 9.84 Å². The number of rotatable bonds is 9. The topological polar surface area (TPSA) is 88.9 Å². The van der Waals surface area contributed by atoms with Gasteiger partial charge in [0.15, 0.2) is 11.6 Å². The second-order valence-electron chi connectivity index (χ2n) is 7.53. The number of hydrogen-bond acceptors (Lipinski definition) is 6. The maximum absolute atomic E-state index is 13.4. The summed E-state index contributed by atoms with van der Waals surface area (Å²) in [6, 6.07) is 7.92. The Bertz CT molecular complexity index is 1260. The summed E-state index contributed by atoms with van der Waals surface area (Å²) in [5.41, 5.74) is 2.06. The molecule has 0 aliphatic rings. The Morgan fingerprint density at radius 2 is 2.03 bits per heavy atom. The lowest BCUT2D eigenvalue weighted by Gasteiger charge is -2.15. The van der Waals surface area contributed by atoms with E-state index in [0.717, 1.165) is 17.0 Å². The lowest BCUT2D eigenvalue weighted by Crippen LogP contribution is -2.04. The first-order valence-corrected chi connectivity index (χ1v) is 11.3. The van der Waals surface area contributed by atoms with Gasteiger partial charge in [-0.15, -0.1) is 11.3 Å². The molecule has 1 N–H and O–H groups in total. The van der Waals surface area contributed by atoms with E-state index in [2.05, 4.69) is 22.0 Å². The van der Waals surface area contributed by atoms with Gasteiger partial charge in [0.1, 0.15) is 22.4 Å². The van der Waals surface area contributed by atoms with Gasteiger partial charge in [0.25, 0.3) is 0 Å². The third kappa shape index (κ3) is 6.23. The van der Waals surface area contributed by atoms with Gasteiger partial charge in [0, 0.05) is 16.9 Å². The number of aryl methyl sites for hydroxylation is 2. The molecule has 0 radical (unpaired) electrons. The number of carboxylic acids is 1. The first-order valence-electron chi connectivity index (χ1n) is 10.4. The molecule has 0 saturated heterocycles. The van der Waals surface area contributed by atoms with Gasteiger partial charge in [-0.25, -0.2) is 18.6 Å². The molecule has 3 rings (SSSR count). The van der Waals surface area contributed by atoms with Crippen molar-refractivity contribution in [3.05, 3.63) is 85.2 Å². The molecule has 9 heteroatoms. The molecule has 0 saturated carbocycles. The van der Waals surface area contributed by atoms with Crippen molar-refractivity contribution >= 4 is 17.3 Å². The SMILES string of the molecule is COc1c(C(CCCc2ccc(C(=O)O)s2)N=O)cc(C#CCc2ccc(F)c(F)c2)nc1C. The number of carboxylic acid groups (broad SMARTS) is 1. The minimum atomic E-state index is -0.959. The lowest BCUT2D eigenvalue weighted by molar-refractivity contribution is 0.0702. The molecule has 2 aromatic heterocycles. The van der Waals surface area contributed by atoms with Crippen LogP contribution >= 0.6 is 11.3 Å². The highest BCUT2D eigenvalue weighted by Crippen LogP contribution is 2.34. The molecule has 0 aliphatic carbocycles. The maximum atomic E-state index is 13.4. The fourth-order valence-electron chi connectivity index (χ4n) is 3.51. The smallest absolute Gasteiger partial charge is 0.345 e. The van der Waals surface area contributed by atoms with Crippen LogP contribution < -0.4 is 4.74 Å². The molecular weight excluding hydrogens is 462 g/mol. The van der Waals surface area contributed by atoms with E-state index < -0.39 is 23.6 Å². The lowest BCUT2D eigenvalue weighted by atomic mass is 9.99. The van der Waals surface area contributed by atoms with Crippen molar-refractivity contribution in [3.8, 4) is 17.6 Å². The van der Waals surface area contributed by atoms with E-state index in [0.29, 0.717) is 47.5 Å². The zero-order valence-corrected chi connectivity index (χ0v) is 19.4. The number of nitrogens with zero attached hydrogens (tertiary/aromatic N) is 2. The fraction of sp³-hybridized carbons (Fsp3) is 0.280. The van der Waals surface area contributed by atoms with Crippen molar-refractivity contribution in [1.29, 1.82) is 0 Å². The van der Waals surface area contributed by atoms with Gasteiger partial charge in [0.05, 0.1) is 12.8 Å². The van der Waals surface area contributed by atoms with Gasteiger partial charge in [-0.1, -0.05) is 17.2 Å². The number of aromatic nitrogens is 1. The van der Waals surface area contributed by atoms with Crippen LogP contribution in [-0.2, 0) is 12.8 Å². The van der Waals surface area contributed by atoms with Gasteiger partial charge in [-0.2, -0.15) is 4.91 Å². The van der Waals surface area contributed by atoms with Crippen molar-refractivity contribution < 1.29 is 23.4 Å². The molecule has 6 nitrogen and oxygen atoms in total. The summed E-state index contributed by atoms with van der Waals surface area (Å²) in [7, 11) is 1.49. The third-order valence-corrected chi connectivity index (χ3v) is 6.26. The summed E-state index contributed by atoms with van der Waals surface area (Å²) in [4.78, 5) is 28.3. The number of methoxy groups -OCH3 is 1. The van der Waals surface area contributed by atoms with Crippen LogP contribution in [0.5, 0.6) is 5.75 Å². The van der Waals surface area contributed by atoms with Crippen molar-refractivity contribution in [1.82, 2.24) is 4.98 Å². The first-order chi connectivity index (χ1) is 16.3.